The third-order valence-corrected chi connectivity index (χ3v) is 15.9. The molecule has 0 bridgehead atoms. The van der Waals surface area contributed by atoms with Gasteiger partial charge in [0.1, 0.15) is 23.0 Å². The van der Waals surface area contributed by atoms with Gasteiger partial charge in [-0.15, -0.1) is 0 Å². The molecule has 0 saturated heterocycles. The fraction of sp³-hybridized carbons (Fsp3) is 0.536. The van der Waals surface area contributed by atoms with Gasteiger partial charge in [-0.05, 0) is 181 Å². The number of aliphatic carboxylic acids is 2. The van der Waals surface area contributed by atoms with Gasteiger partial charge < -0.3 is 30.6 Å². The molecule has 0 aliphatic heterocycles. The predicted molar refractivity (Wildman–Crippen MR) is 267 cm³/mol. The lowest BCUT2D eigenvalue weighted by molar-refractivity contribution is -0.156. The van der Waals surface area contributed by atoms with Crippen molar-refractivity contribution in [3.05, 3.63) is 117 Å². The molecular weight excluding hydrogens is 833 g/mol. The molecule has 6 N–H and O–H groups in total. The lowest BCUT2D eigenvalue weighted by atomic mass is 9.61. The van der Waals surface area contributed by atoms with Gasteiger partial charge >= 0.3 is 11.9 Å². The number of carboxylic acid groups (broad SMARTS) is 2. The predicted octanol–water partition coefficient (Wildman–Crippen LogP) is 13.9. The fourth-order valence-corrected chi connectivity index (χ4v) is 11.0. The van der Waals surface area contributed by atoms with E-state index in [1.807, 2.05) is 24.3 Å². The number of hydrogen-bond acceptors (Lipinski definition) is 7. The average Bonchev–Trinajstić information content (AvgIpc) is 3.30. The first kappa shape index (κ1) is 53.0. The molecule has 0 amide bonds. The van der Waals surface area contributed by atoms with Crippen LogP contribution in [0, 0.1) is 17.3 Å². The maximum absolute atomic E-state index is 14.7. The lowest BCUT2D eigenvalue weighted by Gasteiger charge is -2.44. The molecule has 0 fully saturated rings. The Bertz CT molecular complexity index is 1890. The van der Waals surface area contributed by atoms with E-state index in [0.717, 1.165) is 70.2 Å². The number of aromatic hydroxyl groups is 4. The van der Waals surface area contributed by atoms with Crippen LogP contribution in [0.1, 0.15) is 181 Å². The van der Waals surface area contributed by atoms with Gasteiger partial charge in [0, 0.05) is 11.5 Å². The number of phenolic OH excluding ortho intramolecular Hbond substituents is 4. The van der Waals surface area contributed by atoms with Gasteiger partial charge in [-0.25, -0.2) is 0 Å². The zero-order valence-electron chi connectivity index (χ0n) is 40.4. The van der Waals surface area contributed by atoms with Crippen LogP contribution >= 0.6 is 11.8 Å². The summed E-state index contributed by atoms with van der Waals surface area (Å²) >= 11 is 1.41. The standard InChI is InChI=1S/C56H78O8S/c1-9-36(5)46-31-40(17-25-50(46)57)13-21-44(22-14-41-18-26-51(58)47(32-41)37(6)10-2)56(55(63)64,35-65-30-29-54(61)62)45(23-15-42-19-27-52(59)48(33-42)38(7)11-3)24-16-43-20-28-53(60)49(34-43)39(8)12-4/h17-20,25-28,31-34,36-39,44-45,57-60H,9-16,21-24,29-30,35H2,1-8H3,(H,61,62)(H,63,64). The van der Waals surface area contributed by atoms with Crippen LogP contribution in [-0.4, -0.2) is 54.1 Å². The quantitative estimate of drug-likeness (QED) is 0.0305. The van der Waals surface area contributed by atoms with E-state index in [9.17, 15) is 40.2 Å². The van der Waals surface area contributed by atoms with Gasteiger partial charge in [-0.2, -0.15) is 11.8 Å². The van der Waals surface area contributed by atoms with Crippen LogP contribution in [0.15, 0.2) is 72.8 Å². The van der Waals surface area contributed by atoms with E-state index in [2.05, 4.69) is 79.7 Å². The molecule has 356 valence electrons. The molecule has 8 nitrogen and oxygen atoms in total. The number of phenols is 4. The maximum Gasteiger partial charge on any atom is 0.311 e. The molecule has 4 unspecified atom stereocenters. The summed E-state index contributed by atoms with van der Waals surface area (Å²) < 4.78 is 0. The summed E-state index contributed by atoms with van der Waals surface area (Å²) in [6.45, 7) is 16.8. The van der Waals surface area contributed by atoms with Crippen molar-refractivity contribution in [1.29, 1.82) is 0 Å². The van der Waals surface area contributed by atoms with Gasteiger partial charge in [-0.1, -0.05) is 104 Å². The van der Waals surface area contributed by atoms with Crippen molar-refractivity contribution in [3.8, 4) is 23.0 Å². The van der Waals surface area contributed by atoms with E-state index in [1.165, 1.54) is 11.8 Å². The Morgan fingerprint density at radius 2 is 0.769 bits per heavy atom. The second-order valence-electron chi connectivity index (χ2n) is 18.9. The molecule has 4 rings (SSSR count). The maximum atomic E-state index is 14.7. The first-order valence-electron chi connectivity index (χ1n) is 24.3. The van der Waals surface area contributed by atoms with Crippen molar-refractivity contribution >= 4 is 23.7 Å². The van der Waals surface area contributed by atoms with E-state index < -0.39 is 17.4 Å². The summed E-state index contributed by atoms with van der Waals surface area (Å²) in [6, 6.07) is 23.1. The van der Waals surface area contributed by atoms with Gasteiger partial charge in [0.2, 0.25) is 0 Å². The number of carboxylic acids is 2. The molecule has 0 aromatic heterocycles. The molecule has 9 heteroatoms. The zero-order valence-corrected chi connectivity index (χ0v) is 41.2. The Labute approximate surface area is 393 Å². The lowest BCUT2D eigenvalue weighted by Crippen LogP contribution is -2.48. The van der Waals surface area contributed by atoms with Crippen LogP contribution in [0.25, 0.3) is 0 Å². The van der Waals surface area contributed by atoms with Crippen LogP contribution in [-0.2, 0) is 35.3 Å². The molecule has 0 spiro atoms. The molecule has 0 radical (unpaired) electrons. The Morgan fingerprint density at radius 1 is 0.492 bits per heavy atom. The van der Waals surface area contributed by atoms with E-state index in [4.69, 9.17) is 0 Å². The Balaban J connectivity index is 1.92. The Morgan fingerprint density at radius 3 is 1.00 bits per heavy atom. The molecule has 0 aliphatic carbocycles. The third kappa shape index (κ3) is 14.2. The smallest absolute Gasteiger partial charge is 0.311 e. The number of benzene rings is 4. The first-order valence-corrected chi connectivity index (χ1v) is 25.4. The third-order valence-electron chi connectivity index (χ3n) is 14.7. The fourth-order valence-electron chi connectivity index (χ4n) is 9.56. The summed E-state index contributed by atoms with van der Waals surface area (Å²) in [7, 11) is 0. The number of rotatable bonds is 28. The molecule has 4 aromatic carbocycles. The summed E-state index contributed by atoms with van der Waals surface area (Å²) in [6.07, 6.45) is 7.96. The van der Waals surface area contributed by atoms with Crippen molar-refractivity contribution in [3.63, 3.8) is 0 Å². The number of hydrogen-bond donors (Lipinski definition) is 6. The van der Waals surface area contributed by atoms with E-state index in [0.29, 0.717) is 51.4 Å². The monoisotopic (exact) mass is 911 g/mol. The van der Waals surface area contributed by atoms with Crippen LogP contribution < -0.4 is 0 Å². The molecule has 0 heterocycles. The Kier molecular flexibility index (Phi) is 20.6. The molecule has 65 heavy (non-hydrogen) atoms. The van der Waals surface area contributed by atoms with Gasteiger partial charge in [0.05, 0.1) is 11.8 Å². The summed E-state index contributed by atoms with van der Waals surface area (Å²) in [5.41, 5.74) is 6.36. The molecule has 4 aromatic rings. The highest BCUT2D eigenvalue weighted by atomic mass is 32.2. The highest BCUT2D eigenvalue weighted by molar-refractivity contribution is 7.99. The van der Waals surface area contributed by atoms with E-state index in [-0.39, 0.29) is 76.4 Å². The van der Waals surface area contributed by atoms with Crippen LogP contribution in [0.2, 0.25) is 0 Å². The number of aryl methyl sites for hydroxylation is 4. The van der Waals surface area contributed by atoms with Gasteiger partial charge in [0.25, 0.3) is 0 Å². The molecular formula is C56H78O8S. The summed E-state index contributed by atoms with van der Waals surface area (Å²) in [5.74, 6) is -0.371. The summed E-state index contributed by atoms with van der Waals surface area (Å²) in [4.78, 5) is 26.6. The minimum Gasteiger partial charge on any atom is -0.508 e. The average molecular weight is 911 g/mol. The van der Waals surface area contributed by atoms with E-state index >= 15 is 0 Å². The van der Waals surface area contributed by atoms with Crippen LogP contribution in [0.3, 0.4) is 0 Å². The topological polar surface area (TPSA) is 156 Å². The highest BCUT2D eigenvalue weighted by Gasteiger charge is 2.50. The largest absolute Gasteiger partial charge is 0.508 e. The van der Waals surface area contributed by atoms with E-state index in [1.54, 1.807) is 24.3 Å². The zero-order chi connectivity index (χ0) is 47.8. The SMILES string of the molecule is CCC(C)c1cc(CCC(CCc2ccc(O)c(C(C)CC)c2)C(CSCCC(=O)O)(C(=O)O)C(CCc2ccc(O)c(C(C)CC)c2)CCc2ccc(O)c(C(C)CC)c2)ccc1O. The van der Waals surface area contributed by atoms with Gasteiger partial charge in [0.15, 0.2) is 0 Å². The van der Waals surface area contributed by atoms with Crippen LogP contribution in [0.5, 0.6) is 23.0 Å². The van der Waals surface area contributed by atoms with Crippen LogP contribution in [0.4, 0.5) is 0 Å². The first-order chi connectivity index (χ1) is 31.0. The Hall–Kier alpha value is -4.63. The normalized spacial score (nSPS) is 15.4. The second kappa shape index (κ2) is 25.3. The minimum atomic E-state index is -1.29. The second-order valence-corrected chi connectivity index (χ2v) is 20.0. The number of carbonyl (C=O) groups is 2. The molecule has 0 aliphatic rings. The highest BCUT2D eigenvalue weighted by Crippen LogP contribution is 2.49. The van der Waals surface area contributed by atoms with Crippen molar-refractivity contribution in [2.75, 3.05) is 11.5 Å². The number of thioether (sulfide) groups is 1. The van der Waals surface area contributed by atoms with Crippen molar-refractivity contribution in [2.45, 2.75) is 163 Å². The van der Waals surface area contributed by atoms with Crippen molar-refractivity contribution in [1.82, 2.24) is 0 Å². The summed E-state index contributed by atoms with van der Waals surface area (Å²) in [5, 5.41) is 65.1. The van der Waals surface area contributed by atoms with Gasteiger partial charge in [-0.3, -0.25) is 9.59 Å². The minimum absolute atomic E-state index is 0.0781. The van der Waals surface area contributed by atoms with Crippen molar-refractivity contribution in [2.24, 2.45) is 17.3 Å². The molecule has 4 atom stereocenters. The molecule has 0 saturated carbocycles. The van der Waals surface area contributed by atoms with Crippen molar-refractivity contribution < 1.29 is 40.2 Å².